The molecule has 1 N–H and O–H groups in total. The predicted octanol–water partition coefficient (Wildman–Crippen LogP) is 2.27. The maximum absolute atomic E-state index is 5.25. The summed E-state index contributed by atoms with van der Waals surface area (Å²) in [4.78, 5) is 12.7. The van der Waals surface area contributed by atoms with Crippen LogP contribution in [-0.4, -0.2) is 22.0 Å². The van der Waals surface area contributed by atoms with Gasteiger partial charge in [-0.3, -0.25) is 0 Å². The molecular weight excluding hydrogens is 224 g/mol. The van der Waals surface area contributed by atoms with E-state index in [4.69, 9.17) is 4.42 Å². The van der Waals surface area contributed by atoms with Gasteiger partial charge in [0, 0.05) is 13.1 Å². The molecule has 6 heteroatoms. The SMILES string of the molecule is CNc1cc(Sc2nc(C)co2)nc(C)n1. The van der Waals surface area contributed by atoms with Crippen LogP contribution in [0.5, 0.6) is 0 Å². The molecule has 0 aromatic carbocycles. The van der Waals surface area contributed by atoms with Crippen molar-refractivity contribution in [3.05, 3.63) is 23.8 Å². The maximum atomic E-state index is 5.25. The van der Waals surface area contributed by atoms with Crippen LogP contribution in [0.2, 0.25) is 0 Å². The summed E-state index contributed by atoms with van der Waals surface area (Å²) in [6.07, 6.45) is 1.62. The van der Waals surface area contributed by atoms with Crippen LogP contribution in [0.1, 0.15) is 11.5 Å². The Morgan fingerprint density at radius 2 is 2.06 bits per heavy atom. The van der Waals surface area contributed by atoms with Crippen molar-refractivity contribution in [2.45, 2.75) is 24.1 Å². The minimum absolute atomic E-state index is 0.595. The van der Waals surface area contributed by atoms with Crippen molar-refractivity contribution in [2.75, 3.05) is 12.4 Å². The van der Waals surface area contributed by atoms with Crippen LogP contribution in [0.4, 0.5) is 5.82 Å². The highest BCUT2D eigenvalue weighted by Gasteiger charge is 2.07. The predicted molar refractivity (Wildman–Crippen MR) is 61.7 cm³/mol. The van der Waals surface area contributed by atoms with Gasteiger partial charge in [0.05, 0.1) is 5.69 Å². The summed E-state index contributed by atoms with van der Waals surface area (Å²) in [6.45, 7) is 3.74. The largest absolute Gasteiger partial charge is 0.439 e. The van der Waals surface area contributed by atoms with Gasteiger partial charge in [-0.05, 0) is 25.6 Å². The van der Waals surface area contributed by atoms with Crippen LogP contribution in [0.25, 0.3) is 0 Å². The second-order valence-corrected chi connectivity index (χ2v) is 4.22. The first kappa shape index (κ1) is 10.9. The van der Waals surface area contributed by atoms with E-state index in [2.05, 4.69) is 20.3 Å². The fourth-order valence-electron chi connectivity index (χ4n) is 1.19. The zero-order valence-corrected chi connectivity index (χ0v) is 10.1. The number of oxazole rings is 1. The number of anilines is 1. The standard InChI is InChI=1S/C10H12N4OS/c1-6-5-15-10(12-6)16-9-4-8(11-3)13-7(2)14-9/h4-5H,1-3H3,(H,11,13,14). The minimum atomic E-state index is 0.595. The molecule has 0 aliphatic heterocycles. The third-order valence-electron chi connectivity index (χ3n) is 1.86. The molecule has 0 radical (unpaired) electrons. The van der Waals surface area contributed by atoms with Gasteiger partial charge in [-0.25, -0.2) is 15.0 Å². The Morgan fingerprint density at radius 1 is 1.25 bits per heavy atom. The average molecular weight is 236 g/mol. The zero-order chi connectivity index (χ0) is 11.5. The molecule has 84 valence electrons. The summed E-state index contributed by atoms with van der Waals surface area (Å²) >= 11 is 1.38. The first-order valence-electron chi connectivity index (χ1n) is 4.81. The first-order valence-corrected chi connectivity index (χ1v) is 5.62. The van der Waals surface area contributed by atoms with E-state index in [1.54, 1.807) is 6.26 Å². The van der Waals surface area contributed by atoms with Crippen LogP contribution in [0.3, 0.4) is 0 Å². The van der Waals surface area contributed by atoms with Crippen LogP contribution in [-0.2, 0) is 0 Å². The lowest BCUT2D eigenvalue weighted by Gasteiger charge is -2.02. The van der Waals surface area contributed by atoms with Gasteiger partial charge < -0.3 is 9.73 Å². The molecular formula is C10H12N4OS. The molecule has 2 aromatic rings. The first-order chi connectivity index (χ1) is 7.67. The Kier molecular flexibility index (Phi) is 3.09. The van der Waals surface area contributed by atoms with Crippen LogP contribution >= 0.6 is 11.8 Å². The Bertz CT molecular complexity index is 497. The fourth-order valence-corrected chi connectivity index (χ4v) is 2.00. The van der Waals surface area contributed by atoms with E-state index >= 15 is 0 Å². The molecule has 0 unspecified atom stereocenters. The van der Waals surface area contributed by atoms with Gasteiger partial charge >= 0.3 is 0 Å². The lowest BCUT2D eigenvalue weighted by Crippen LogP contribution is -1.97. The second kappa shape index (κ2) is 4.52. The molecule has 0 aliphatic carbocycles. The van der Waals surface area contributed by atoms with Crippen molar-refractivity contribution >= 4 is 17.6 Å². The summed E-state index contributed by atoms with van der Waals surface area (Å²) in [5.41, 5.74) is 0.863. The fraction of sp³-hybridized carbons (Fsp3) is 0.300. The summed E-state index contributed by atoms with van der Waals surface area (Å²) in [5.74, 6) is 1.51. The topological polar surface area (TPSA) is 63.8 Å². The van der Waals surface area contributed by atoms with Crippen molar-refractivity contribution in [2.24, 2.45) is 0 Å². The Morgan fingerprint density at radius 3 is 2.69 bits per heavy atom. The van der Waals surface area contributed by atoms with Gasteiger partial charge in [-0.15, -0.1) is 0 Å². The van der Waals surface area contributed by atoms with Gasteiger partial charge in [-0.1, -0.05) is 0 Å². The van der Waals surface area contributed by atoms with Crippen LogP contribution < -0.4 is 5.32 Å². The third-order valence-corrected chi connectivity index (χ3v) is 2.64. The van der Waals surface area contributed by atoms with E-state index in [0.29, 0.717) is 5.22 Å². The normalized spacial score (nSPS) is 10.4. The number of nitrogens with one attached hydrogen (secondary N) is 1. The van der Waals surface area contributed by atoms with Gasteiger partial charge in [0.2, 0.25) is 0 Å². The second-order valence-electron chi connectivity index (χ2n) is 3.25. The molecule has 2 heterocycles. The number of hydrogen-bond acceptors (Lipinski definition) is 6. The Labute approximate surface area is 97.7 Å². The third kappa shape index (κ3) is 2.52. The molecule has 2 rings (SSSR count). The number of hydrogen-bond donors (Lipinski definition) is 1. The molecule has 0 bridgehead atoms. The van der Waals surface area contributed by atoms with Crippen molar-refractivity contribution in [3.8, 4) is 0 Å². The van der Waals surface area contributed by atoms with Gasteiger partial charge in [0.15, 0.2) is 0 Å². The van der Waals surface area contributed by atoms with Gasteiger partial charge in [0.1, 0.15) is 22.9 Å². The molecule has 2 aromatic heterocycles. The summed E-state index contributed by atoms with van der Waals surface area (Å²) in [6, 6.07) is 1.86. The number of rotatable bonds is 3. The number of aryl methyl sites for hydroxylation is 2. The average Bonchev–Trinajstić information content (AvgIpc) is 2.63. The van der Waals surface area contributed by atoms with E-state index in [1.165, 1.54) is 11.8 Å². The summed E-state index contributed by atoms with van der Waals surface area (Å²) in [5, 5.41) is 4.40. The Hall–Kier alpha value is -1.56. The van der Waals surface area contributed by atoms with Crippen LogP contribution in [0.15, 0.2) is 27.0 Å². The summed E-state index contributed by atoms with van der Waals surface area (Å²) in [7, 11) is 1.82. The molecule has 16 heavy (non-hydrogen) atoms. The van der Waals surface area contributed by atoms with E-state index in [0.717, 1.165) is 22.4 Å². The molecule has 0 aliphatic rings. The number of nitrogens with zero attached hydrogens (tertiary/aromatic N) is 3. The van der Waals surface area contributed by atoms with Gasteiger partial charge in [0.25, 0.3) is 5.22 Å². The van der Waals surface area contributed by atoms with E-state index in [9.17, 15) is 0 Å². The van der Waals surface area contributed by atoms with Crippen molar-refractivity contribution in [1.82, 2.24) is 15.0 Å². The maximum Gasteiger partial charge on any atom is 0.262 e. The smallest absolute Gasteiger partial charge is 0.262 e. The molecule has 0 atom stereocenters. The van der Waals surface area contributed by atoms with Crippen molar-refractivity contribution in [3.63, 3.8) is 0 Å². The van der Waals surface area contributed by atoms with Crippen molar-refractivity contribution < 1.29 is 4.42 Å². The Balaban J connectivity index is 2.24. The lowest BCUT2D eigenvalue weighted by molar-refractivity contribution is 0.453. The molecule has 0 saturated heterocycles. The molecule has 5 nitrogen and oxygen atoms in total. The monoisotopic (exact) mass is 236 g/mol. The quantitative estimate of drug-likeness (QED) is 0.825. The highest BCUT2D eigenvalue weighted by atomic mass is 32.2. The highest BCUT2D eigenvalue weighted by molar-refractivity contribution is 7.99. The number of aromatic nitrogens is 3. The molecule has 0 saturated carbocycles. The van der Waals surface area contributed by atoms with E-state index in [-0.39, 0.29) is 0 Å². The molecule has 0 fully saturated rings. The molecule has 0 spiro atoms. The summed E-state index contributed by atoms with van der Waals surface area (Å²) < 4.78 is 5.25. The zero-order valence-electron chi connectivity index (χ0n) is 9.31. The lowest BCUT2D eigenvalue weighted by atomic mass is 10.5. The van der Waals surface area contributed by atoms with Gasteiger partial charge in [-0.2, -0.15) is 0 Å². The van der Waals surface area contributed by atoms with Crippen molar-refractivity contribution in [1.29, 1.82) is 0 Å². The highest BCUT2D eigenvalue weighted by Crippen LogP contribution is 2.26. The molecule has 0 amide bonds. The minimum Gasteiger partial charge on any atom is -0.439 e. The van der Waals surface area contributed by atoms with E-state index < -0.39 is 0 Å². The van der Waals surface area contributed by atoms with Crippen LogP contribution in [0, 0.1) is 13.8 Å². The van der Waals surface area contributed by atoms with E-state index in [1.807, 2.05) is 27.0 Å².